The quantitative estimate of drug-likeness (QED) is 0.0226. The van der Waals surface area contributed by atoms with E-state index in [0.717, 1.165) is 36.8 Å². The van der Waals surface area contributed by atoms with E-state index in [1.807, 2.05) is 62.4 Å². The summed E-state index contributed by atoms with van der Waals surface area (Å²) in [5.41, 5.74) is 3.03. The fourth-order valence-electron chi connectivity index (χ4n) is 5.79. The molecular formula is C53H56O12. The van der Waals surface area contributed by atoms with Crippen molar-refractivity contribution < 1.29 is 57.1 Å². The lowest BCUT2D eigenvalue weighted by molar-refractivity contribution is -0.138. The number of carbonyl (C=O) groups excluding carboxylic acids is 4. The van der Waals surface area contributed by atoms with Gasteiger partial charge in [0.2, 0.25) is 0 Å². The van der Waals surface area contributed by atoms with Crippen LogP contribution in [0.1, 0.15) is 89.8 Å². The van der Waals surface area contributed by atoms with Crippen LogP contribution in [0.4, 0.5) is 0 Å². The molecule has 65 heavy (non-hydrogen) atoms. The standard InChI is InChI=1S/C53H56O12/c1-4-6-32-62-50(54)30-14-40-10-20-44(21-11-40)58-34-8-36-60-46-24-16-42(17-25-46)52(56)64-48-28-29-49(39(3)38-48)65-53(57)43-18-26-47(27-19-43)61-37-9-35-59-45-22-12-41(13-23-45)15-31-51(55)63-33-7-5-2/h10-31,38H,4-9,32-37H2,1-3H3/b30-14+,31-15+. The third-order valence-electron chi connectivity index (χ3n) is 9.46. The molecule has 0 heterocycles. The zero-order valence-electron chi connectivity index (χ0n) is 37.2. The molecule has 340 valence electrons. The van der Waals surface area contributed by atoms with Crippen molar-refractivity contribution in [3.8, 4) is 34.5 Å². The van der Waals surface area contributed by atoms with E-state index in [1.54, 1.807) is 85.8 Å². The van der Waals surface area contributed by atoms with Crippen LogP contribution in [-0.2, 0) is 19.1 Å². The summed E-state index contributed by atoms with van der Waals surface area (Å²) in [4.78, 5) is 49.3. The number of benzene rings is 5. The van der Waals surface area contributed by atoms with Crippen LogP contribution in [0.25, 0.3) is 12.2 Å². The molecule has 0 saturated carbocycles. The SMILES string of the molecule is CCCCOC(=O)/C=C/c1ccc(OCCCOc2ccc(C(=O)Oc3ccc(OC(=O)c4ccc(OCCCOc5ccc(/C=C/C(=O)OCCCC)cc5)cc4)c(C)c3)cc2)cc1. The van der Waals surface area contributed by atoms with Gasteiger partial charge >= 0.3 is 23.9 Å². The third-order valence-corrected chi connectivity index (χ3v) is 9.46. The van der Waals surface area contributed by atoms with Crippen molar-refractivity contribution in [2.75, 3.05) is 39.6 Å². The first kappa shape index (κ1) is 48.7. The predicted molar refractivity (Wildman–Crippen MR) is 248 cm³/mol. The molecule has 0 fully saturated rings. The van der Waals surface area contributed by atoms with Gasteiger partial charge in [0, 0.05) is 25.0 Å². The Balaban J connectivity index is 0.954. The second-order valence-corrected chi connectivity index (χ2v) is 14.7. The van der Waals surface area contributed by atoms with Gasteiger partial charge in [-0.15, -0.1) is 0 Å². The molecular weight excluding hydrogens is 829 g/mol. The molecule has 5 rings (SSSR count). The summed E-state index contributed by atoms with van der Waals surface area (Å²) in [7, 11) is 0. The lowest BCUT2D eigenvalue weighted by atomic mass is 10.2. The molecule has 0 atom stereocenters. The summed E-state index contributed by atoms with van der Waals surface area (Å²) >= 11 is 0. The van der Waals surface area contributed by atoms with Crippen molar-refractivity contribution in [1.82, 2.24) is 0 Å². The van der Waals surface area contributed by atoms with E-state index in [4.69, 9.17) is 37.9 Å². The first-order valence-corrected chi connectivity index (χ1v) is 21.8. The summed E-state index contributed by atoms with van der Waals surface area (Å²) in [6, 6.07) is 32.9. The maximum atomic E-state index is 12.9. The van der Waals surface area contributed by atoms with E-state index in [0.29, 0.717) is 104 Å². The van der Waals surface area contributed by atoms with Crippen molar-refractivity contribution >= 4 is 36.0 Å². The smallest absolute Gasteiger partial charge is 0.343 e. The number of esters is 4. The van der Waals surface area contributed by atoms with Gasteiger partial charge in [0.25, 0.3) is 0 Å². The molecule has 0 aliphatic heterocycles. The Bertz CT molecular complexity index is 2310. The Morgan fingerprint density at radius 1 is 0.431 bits per heavy atom. The van der Waals surface area contributed by atoms with E-state index >= 15 is 0 Å². The third kappa shape index (κ3) is 17.7. The number of rotatable bonds is 26. The van der Waals surface area contributed by atoms with Crippen molar-refractivity contribution in [2.45, 2.75) is 59.3 Å². The molecule has 0 aromatic heterocycles. The second-order valence-electron chi connectivity index (χ2n) is 14.7. The molecule has 5 aromatic carbocycles. The average molecular weight is 885 g/mol. The minimum Gasteiger partial charge on any atom is -0.493 e. The zero-order chi connectivity index (χ0) is 46.1. The Morgan fingerprint density at radius 3 is 1.18 bits per heavy atom. The van der Waals surface area contributed by atoms with E-state index in [1.165, 1.54) is 12.2 Å². The number of hydrogen-bond donors (Lipinski definition) is 0. The maximum Gasteiger partial charge on any atom is 0.343 e. The molecule has 0 radical (unpaired) electrons. The Hall–Kier alpha value is -7.34. The fraction of sp³-hybridized carbons (Fsp3) is 0.283. The first-order chi connectivity index (χ1) is 31.7. The molecule has 0 N–H and O–H groups in total. The van der Waals surface area contributed by atoms with Crippen LogP contribution in [0.15, 0.2) is 127 Å². The summed E-state index contributed by atoms with van der Waals surface area (Å²) in [6.07, 6.45) is 11.2. The van der Waals surface area contributed by atoms with Crippen LogP contribution in [-0.4, -0.2) is 63.5 Å². The molecule has 0 spiro atoms. The molecule has 5 aromatic rings. The molecule has 0 aliphatic rings. The number of carbonyl (C=O) groups is 4. The molecule has 0 bridgehead atoms. The number of aryl methyl sites for hydroxylation is 1. The maximum absolute atomic E-state index is 12.9. The van der Waals surface area contributed by atoms with Gasteiger partial charge in [-0.3, -0.25) is 0 Å². The largest absolute Gasteiger partial charge is 0.493 e. The highest BCUT2D eigenvalue weighted by Gasteiger charge is 2.14. The summed E-state index contributed by atoms with van der Waals surface area (Å²) in [5.74, 6) is 1.46. The highest BCUT2D eigenvalue weighted by Crippen LogP contribution is 2.26. The highest BCUT2D eigenvalue weighted by molar-refractivity contribution is 5.92. The topological polar surface area (TPSA) is 142 Å². The van der Waals surface area contributed by atoms with E-state index in [-0.39, 0.29) is 11.9 Å². The van der Waals surface area contributed by atoms with Crippen molar-refractivity contribution in [3.05, 3.63) is 155 Å². The molecule has 0 unspecified atom stereocenters. The molecule has 0 aliphatic carbocycles. The Labute approximate surface area is 380 Å². The Kier molecular flexibility index (Phi) is 20.2. The molecule has 12 nitrogen and oxygen atoms in total. The number of ether oxygens (including phenoxy) is 8. The number of hydrogen-bond acceptors (Lipinski definition) is 12. The lowest BCUT2D eigenvalue weighted by Gasteiger charge is -2.11. The van der Waals surface area contributed by atoms with Gasteiger partial charge < -0.3 is 37.9 Å². The second kappa shape index (κ2) is 27.0. The summed E-state index contributed by atoms with van der Waals surface area (Å²) in [5, 5.41) is 0. The molecule has 0 saturated heterocycles. The van der Waals surface area contributed by atoms with Crippen LogP contribution in [0, 0.1) is 6.92 Å². The monoisotopic (exact) mass is 884 g/mol. The van der Waals surface area contributed by atoms with Crippen LogP contribution >= 0.6 is 0 Å². The van der Waals surface area contributed by atoms with Gasteiger partial charge in [0.15, 0.2) is 0 Å². The zero-order valence-corrected chi connectivity index (χ0v) is 37.2. The van der Waals surface area contributed by atoms with Crippen molar-refractivity contribution in [2.24, 2.45) is 0 Å². The Morgan fingerprint density at radius 2 is 0.800 bits per heavy atom. The molecule has 12 heteroatoms. The number of unbranched alkanes of at least 4 members (excludes halogenated alkanes) is 2. The van der Waals surface area contributed by atoms with Gasteiger partial charge in [0.05, 0.1) is 50.8 Å². The van der Waals surface area contributed by atoms with Crippen LogP contribution in [0.3, 0.4) is 0 Å². The molecule has 0 amide bonds. The average Bonchev–Trinajstić information content (AvgIpc) is 3.32. The highest BCUT2D eigenvalue weighted by atomic mass is 16.5. The van der Waals surface area contributed by atoms with Crippen LogP contribution in [0.5, 0.6) is 34.5 Å². The minimum atomic E-state index is -0.545. The first-order valence-electron chi connectivity index (χ1n) is 21.8. The van der Waals surface area contributed by atoms with Gasteiger partial charge in [-0.05, 0) is 140 Å². The summed E-state index contributed by atoms with van der Waals surface area (Å²) < 4.78 is 44.7. The van der Waals surface area contributed by atoms with E-state index < -0.39 is 11.9 Å². The fourth-order valence-corrected chi connectivity index (χ4v) is 5.79. The minimum absolute atomic E-state index is 0.303. The van der Waals surface area contributed by atoms with Gasteiger partial charge in [0.1, 0.15) is 34.5 Å². The van der Waals surface area contributed by atoms with Gasteiger partial charge in [-0.2, -0.15) is 0 Å². The van der Waals surface area contributed by atoms with E-state index in [9.17, 15) is 19.2 Å². The normalized spacial score (nSPS) is 10.9. The van der Waals surface area contributed by atoms with Crippen LogP contribution in [0.2, 0.25) is 0 Å². The van der Waals surface area contributed by atoms with Crippen molar-refractivity contribution in [1.29, 1.82) is 0 Å². The summed E-state index contributed by atoms with van der Waals surface area (Å²) in [6.45, 7) is 8.41. The van der Waals surface area contributed by atoms with Gasteiger partial charge in [-0.25, -0.2) is 19.2 Å². The predicted octanol–water partition coefficient (Wildman–Crippen LogP) is 10.8. The van der Waals surface area contributed by atoms with Crippen LogP contribution < -0.4 is 28.4 Å². The van der Waals surface area contributed by atoms with Crippen molar-refractivity contribution in [3.63, 3.8) is 0 Å². The lowest BCUT2D eigenvalue weighted by Crippen LogP contribution is -2.11. The van der Waals surface area contributed by atoms with Gasteiger partial charge in [-0.1, -0.05) is 51.0 Å². The van der Waals surface area contributed by atoms with E-state index in [2.05, 4.69) is 0 Å².